The third-order valence-corrected chi connectivity index (χ3v) is 2.36. The van der Waals surface area contributed by atoms with Crippen molar-refractivity contribution in [1.82, 2.24) is 0 Å². The molecular formula is C11H16F3N3. The van der Waals surface area contributed by atoms with E-state index in [1.807, 2.05) is 4.90 Å². The first-order valence-electron chi connectivity index (χ1n) is 5.31. The second-order valence-corrected chi connectivity index (χ2v) is 3.61. The summed E-state index contributed by atoms with van der Waals surface area (Å²) >= 11 is 0. The van der Waals surface area contributed by atoms with Crippen LogP contribution in [0.15, 0.2) is 24.3 Å². The molecule has 17 heavy (non-hydrogen) atoms. The van der Waals surface area contributed by atoms with Crippen LogP contribution in [0.2, 0.25) is 0 Å². The molecule has 0 aliphatic rings. The number of benzene rings is 1. The Balaban J connectivity index is 2.84. The van der Waals surface area contributed by atoms with Crippen LogP contribution in [-0.2, 0) is 6.18 Å². The number of hydrogen-bond donors (Lipinski definition) is 2. The average molecular weight is 247 g/mol. The summed E-state index contributed by atoms with van der Waals surface area (Å²) in [5, 5.41) is 0. The molecular weight excluding hydrogens is 231 g/mol. The smallest absolute Gasteiger partial charge is 0.369 e. The summed E-state index contributed by atoms with van der Waals surface area (Å²) in [6, 6.07) is 5.01. The van der Waals surface area contributed by atoms with Crippen LogP contribution in [0, 0.1) is 0 Å². The van der Waals surface area contributed by atoms with Crippen LogP contribution in [0.1, 0.15) is 5.56 Å². The monoisotopic (exact) mass is 247 g/mol. The fourth-order valence-electron chi connectivity index (χ4n) is 1.54. The molecule has 0 saturated heterocycles. The minimum Gasteiger partial charge on any atom is -0.369 e. The van der Waals surface area contributed by atoms with Crippen molar-refractivity contribution in [2.24, 2.45) is 11.5 Å². The van der Waals surface area contributed by atoms with E-state index in [-0.39, 0.29) is 0 Å². The molecule has 0 bridgehead atoms. The molecule has 0 unspecified atom stereocenters. The Labute approximate surface area is 98.2 Å². The lowest BCUT2D eigenvalue weighted by Crippen LogP contribution is -2.33. The SMILES string of the molecule is NCCN(CCN)c1ccc(C(F)(F)F)cc1. The van der Waals surface area contributed by atoms with Crippen LogP contribution in [0.4, 0.5) is 18.9 Å². The van der Waals surface area contributed by atoms with Crippen molar-refractivity contribution < 1.29 is 13.2 Å². The van der Waals surface area contributed by atoms with E-state index in [2.05, 4.69) is 0 Å². The van der Waals surface area contributed by atoms with Crippen molar-refractivity contribution >= 4 is 5.69 Å². The first kappa shape index (κ1) is 13.8. The standard InChI is InChI=1S/C11H16F3N3/c12-11(13,14)9-1-3-10(4-2-9)17(7-5-15)8-6-16/h1-4H,5-8,15-16H2. The van der Waals surface area contributed by atoms with Crippen molar-refractivity contribution in [3.63, 3.8) is 0 Å². The summed E-state index contributed by atoms with van der Waals surface area (Å²) < 4.78 is 37.1. The molecule has 0 aromatic heterocycles. The summed E-state index contributed by atoms with van der Waals surface area (Å²) in [7, 11) is 0. The zero-order valence-corrected chi connectivity index (χ0v) is 9.37. The molecule has 1 aromatic carbocycles. The van der Waals surface area contributed by atoms with Gasteiger partial charge in [-0.3, -0.25) is 0 Å². The van der Waals surface area contributed by atoms with Gasteiger partial charge in [0.2, 0.25) is 0 Å². The number of anilines is 1. The number of nitrogens with zero attached hydrogens (tertiary/aromatic N) is 1. The van der Waals surface area contributed by atoms with Crippen molar-refractivity contribution in [3.05, 3.63) is 29.8 Å². The van der Waals surface area contributed by atoms with E-state index in [1.54, 1.807) is 0 Å². The number of alkyl halides is 3. The van der Waals surface area contributed by atoms with Crippen molar-refractivity contribution in [2.45, 2.75) is 6.18 Å². The van der Waals surface area contributed by atoms with Gasteiger partial charge in [-0.05, 0) is 24.3 Å². The minimum atomic E-state index is -4.30. The van der Waals surface area contributed by atoms with Gasteiger partial charge in [-0.15, -0.1) is 0 Å². The molecule has 0 fully saturated rings. The molecule has 4 N–H and O–H groups in total. The van der Waals surface area contributed by atoms with Gasteiger partial charge in [0, 0.05) is 31.9 Å². The maximum absolute atomic E-state index is 12.4. The molecule has 3 nitrogen and oxygen atoms in total. The molecule has 0 aliphatic carbocycles. The third-order valence-electron chi connectivity index (χ3n) is 2.36. The van der Waals surface area contributed by atoms with Crippen molar-refractivity contribution in [1.29, 1.82) is 0 Å². The van der Waals surface area contributed by atoms with Gasteiger partial charge in [0.15, 0.2) is 0 Å². The fourth-order valence-corrected chi connectivity index (χ4v) is 1.54. The molecule has 0 heterocycles. The Morgan fingerprint density at radius 2 is 1.41 bits per heavy atom. The van der Waals surface area contributed by atoms with Crippen LogP contribution in [-0.4, -0.2) is 26.2 Å². The van der Waals surface area contributed by atoms with Gasteiger partial charge in [0.25, 0.3) is 0 Å². The number of hydrogen-bond acceptors (Lipinski definition) is 3. The number of rotatable bonds is 5. The summed E-state index contributed by atoms with van der Waals surface area (Å²) in [4.78, 5) is 1.86. The predicted octanol–water partition coefficient (Wildman–Crippen LogP) is 1.43. The van der Waals surface area contributed by atoms with Gasteiger partial charge in [-0.25, -0.2) is 0 Å². The highest BCUT2D eigenvalue weighted by molar-refractivity contribution is 5.48. The summed E-state index contributed by atoms with van der Waals surface area (Å²) in [6.45, 7) is 2.01. The zero-order valence-electron chi connectivity index (χ0n) is 9.37. The first-order chi connectivity index (χ1) is 7.99. The molecule has 96 valence electrons. The Hall–Kier alpha value is -1.27. The molecule has 0 atom stereocenters. The summed E-state index contributed by atoms with van der Waals surface area (Å²) in [5.74, 6) is 0. The van der Waals surface area contributed by atoms with Crippen LogP contribution in [0.25, 0.3) is 0 Å². The van der Waals surface area contributed by atoms with E-state index in [9.17, 15) is 13.2 Å². The quantitative estimate of drug-likeness (QED) is 0.827. The van der Waals surface area contributed by atoms with Crippen LogP contribution < -0.4 is 16.4 Å². The van der Waals surface area contributed by atoms with Crippen LogP contribution in [0.5, 0.6) is 0 Å². The maximum Gasteiger partial charge on any atom is 0.416 e. The van der Waals surface area contributed by atoms with Crippen molar-refractivity contribution in [2.75, 3.05) is 31.1 Å². The molecule has 0 spiro atoms. The topological polar surface area (TPSA) is 55.3 Å². The van der Waals surface area contributed by atoms with Gasteiger partial charge >= 0.3 is 6.18 Å². The van der Waals surface area contributed by atoms with Gasteiger partial charge < -0.3 is 16.4 Å². The fraction of sp³-hybridized carbons (Fsp3) is 0.455. The molecule has 1 aromatic rings. The summed E-state index contributed by atoms with van der Waals surface area (Å²) in [5.41, 5.74) is 10.9. The highest BCUT2D eigenvalue weighted by Crippen LogP contribution is 2.30. The number of halogens is 3. The molecule has 0 aliphatic heterocycles. The summed E-state index contributed by atoms with van der Waals surface area (Å²) in [6.07, 6.45) is -4.30. The Bertz CT molecular complexity index is 329. The van der Waals surface area contributed by atoms with Gasteiger partial charge in [0.1, 0.15) is 0 Å². The van der Waals surface area contributed by atoms with Gasteiger partial charge in [-0.1, -0.05) is 0 Å². The average Bonchev–Trinajstić information content (AvgIpc) is 2.28. The minimum absolute atomic E-state index is 0.432. The Kier molecular flexibility index (Phi) is 4.77. The normalized spacial score (nSPS) is 11.6. The lowest BCUT2D eigenvalue weighted by molar-refractivity contribution is -0.137. The molecule has 0 radical (unpaired) electrons. The molecule has 6 heteroatoms. The van der Waals surface area contributed by atoms with E-state index < -0.39 is 11.7 Å². The van der Waals surface area contributed by atoms with E-state index in [0.717, 1.165) is 12.1 Å². The largest absolute Gasteiger partial charge is 0.416 e. The lowest BCUT2D eigenvalue weighted by atomic mass is 10.2. The lowest BCUT2D eigenvalue weighted by Gasteiger charge is -2.23. The Morgan fingerprint density at radius 3 is 1.76 bits per heavy atom. The van der Waals surface area contributed by atoms with Crippen LogP contribution in [0.3, 0.4) is 0 Å². The molecule has 0 amide bonds. The van der Waals surface area contributed by atoms with E-state index >= 15 is 0 Å². The number of nitrogens with two attached hydrogens (primary N) is 2. The van der Waals surface area contributed by atoms with Crippen LogP contribution >= 0.6 is 0 Å². The predicted molar refractivity (Wildman–Crippen MR) is 61.8 cm³/mol. The van der Waals surface area contributed by atoms with Gasteiger partial charge in [-0.2, -0.15) is 13.2 Å². The maximum atomic E-state index is 12.4. The second kappa shape index (κ2) is 5.88. The highest BCUT2D eigenvalue weighted by atomic mass is 19.4. The van der Waals surface area contributed by atoms with E-state index in [4.69, 9.17) is 11.5 Å². The Morgan fingerprint density at radius 1 is 0.941 bits per heavy atom. The van der Waals surface area contributed by atoms with Gasteiger partial charge in [0.05, 0.1) is 5.56 Å². The second-order valence-electron chi connectivity index (χ2n) is 3.61. The third kappa shape index (κ3) is 3.90. The molecule has 0 saturated carbocycles. The first-order valence-corrected chi connectivity index (χ1v) is 5.31. The van der Waals surface area contributed by atoms with E-state index in [0.29, 0.717) is 31.9 Å². The van der Waals surface area contributed by atoms with E-state index in [1.165, 1.54) is 12.1 Å². The van der Waals surface area contributed by atoms with Crippen molar-refractivity contribution in [3.8, 4) is 0 Å². The highest BCUT2D eigenvalue weighted by Gasteiger charge is 2.30. The molecule has 1 rings (SSSR count). The zero-order chi connectivity index (χ0) is 12.9.